The molecule has 1 rings (SSSR count). The van der Waals surface area contributed by atoms with E-state index in [4.69, 9.17) is 5.53 Å². The molecule has 0 aromatic rings. The third-order valence-electron chi connectivity index (χ3n) is 1.59. The fraction of sp³-hybridized carbons (Fsp3) is 0.500. The minimum absolute atomic E-state index is 0.837. The van der Waals surface area contributed by atoms with Crippen LogP contribution >= 0.6 is 0 Å². The van der Waals surface area contributed by atoms with Crippen LogP contribution in [-0.4, -0.2) is 0 Å². The minimum atomic E-state index is 0.837. The lowest BCUT2D eigenvalue weighted by molar-refractivity contribution is 0.834. The summed E-state index contributed by atoms with van der Waals surface area (Å²) in [5.41, 5.74) is 7.69. The van der Waals surface area contributed by atoms with Crippen LogP contribution in [0.2, 0.25) is 0 Å². The van der Waals surface area contributed by atoms with Crippen molar-refractivity contribution in [3.05, 3.63) is 23.9 Å². The highest BCUT2D eigenvalue weighted by Gasteiger charge is 1.93. The van der Waals surface area contributed by atoms with E-state index in [0.29, 0.717) is 0 Å². The molecule has 0 heterocycles. The first-order valence-corrected chi connectivity index (χ1v) is 3.65. The van der Waals surface area contributed by atoms with Crippen molar-refractivity contribution in [1.29, 1.82) is 5.53 Å². The maximum absolute atomic E-state index is 6.79. The van der Waals surface area contributed by atoms with Gasteiger partial charge in [-0.05, 0) is 19.3 Å². The molecule has 0 atom stereocenters. The van der Waals surface area contributed by atoms with Crippen LogP contribution in [0.25, 0.3) is 0 Å². The van der Waals surface area contributed by atoms with Gasteiger partial charge in [0.2, 0.25) is 0 Å². The van der Waals surface area contributed by atoms with E-state index in [1.165, 1.54) is 12.8 Å². The monoisotopic (exact) mass is 136 g/mol. The zero-order chi connectivity index (χ0) is 7.23. The highest BCUT2D eigenvalue weighted by molar-refractivity contribution is 5.06. The summed E-state index contributed by atoms with van der Waals surface area (Å²) in [5, 5.41) is 3.41. The van der Waals surface area contributed by atoms with Crippen molar-refractivity contribution in [1.82, 2.24) is 0 Å². The van der Waals surface area contributed by atoms with Gasteiger partial charge >= 0.3 is 0 Å². The second kappa shape index (κ2) is 3.99. The van der Waals surface area contributed by atoms with E-state index < -0.39 is 0 Å². The molecule has 0 radical (unpaired) electrons. The number of allylic oxidation sites excluding steroid dienone is 3. The van der Waals surface area contributed by atoms with E-state index in [1.54, 1.807) is 0 Å². The van der Waals surface area contributed by atoms with E-state index >= 15 is 0 Å². The van der Waals surface area contributed by atoms with Gasteiger partial charge in [-0.1, -0.05) is 18.2 Å². The Morgan fingerprint density at radius 1 is 1.30 bits per heavy atom. The van der Waals surface area contributed by atoms with Crippen molar-refractivity contribution >= 4 is 0 Å². The third-order valence-corrected chi connectivity index (χ3v) is 1.59. The van der Waals surface area contributed by atoms with Crippen LogP contribution in [0.5, 0.6) is 0 Å². The van der Waals surface area contributed by atoms with Crippen molar-refractivity contribution in [2.75, 3.05) is 0 Å². The van der Waals surface area contributed by atoms with Gasteiger partial charge in [-0.2, -0.15) is 5.11 Å². The van der Waals surface area contributed by atoms with Gasteiger partial charge in [0.25, 0.3) is 0 Å². The third kappa shape index (κ3) is 2.13. The Hall–Kier alpha value is -0.920. The van der Waals surface area contributed by atoms with Gasteiger partial charge in [0.1, 0.15) is 0 Å². The topological polar surface area (TPSA) is 36.2 Å². The minimum Gasteiger partial charge on any atom is -0.205 e. The van der Waals surface area contributed by atoms with Crippen LogP contribution in [0.15, 0.2) is 29.0 Å². The summed E-state index contributed by atoms with van der Waals surface area (Å²) in [4.78, 5) is 0. The molecule has 0 spiro atoms. The van der Waals surface area contributed by atoms with Crippen LogP contribution in [-0.2, 0) is 0 Å². The molecule has 54 valence electrons. The maximum Gasteiger partial charge on any atom is 0.0621 e. The number of rotatable bonds is 1. The predicted octanol–water partition coefficient (Wildman–Crippen LogP) is 3.03. The maximum atomic E-state index is 6.79. The Bertz CT molecular complexity index is 168. The summed E-state index contributed by atoms with van der Waals surface area (Å²) in [6, 6.07) is 0. The van der Waals surface area contributed by atoms with E-state index in [9.17, 15) is 0 Å². The quantitative estimate of drug-likeness (QED) is 0.425. The van der Waals surface area contributed by atoms with Crippen molar-refractivity contribution in [3.63, 3.8) is 0 Å². The Kier molecular flexibility index (Phi) is 2.87. The normalized spacial score (nSPS) is 27.4. The van der Waals surface area contributed by atoms with E-state index in [2.05, 4.69) is 23.3 Å². The molecule has 0 unspecified atom stereocenters. The molecule has 0 amide bonds. The lowest BCUT2D eigenvalue weighted by Gasteiger charge is -1.99. The van der Waals surface area contributed by atoms with Gasteiger partial charge in [-0.15, -0.1) is 0 Å². The smallest absolute Gasteiger partial charge is 0.0621 e. The Morgan fingerprint density at radius 2 is 2.20 bits per heavy atom. The highest BCUT2D eigenvalue weighted by Crippen LogP contribution is 2.11. The molecule has 0 aromatic heterocycles. The first-order chi connectivity index (χ1) is 4.93. The van der Waals surface area contributed by atoms with E-state index in [1.807, 2.05) is 0 Å². The second-order valence-electron chi connectivity index (χ2n) is 2.41. The van der Waals surface area contributed by atoms with Gasteiger partial charge in [0.05, 0.1) is 5.70 Å². The molecule has 0 saturated heterocycles. The second-order valence-corrected chi connectivity index (χ2v) is 2.41. The fourth-order valence-electron chi connectivity index (χ4n) is 1.00. The summed E-state index contributed by atoms with van der Waals surface area (Å²) >= 11 is 0. The Morgan fingerprint density at radius 3 is 3.00 bits per heavy atom. The summed E-state index contributed by atoms with van der Waals surface area (Å²) in [7, 11) is 0. The molecule has 2 nitrogen and oxygen atoms in total. The Balaban J connectivity index is 2.53. The summed E-state index contributed by atoms with van der Waals surface area (Å²) < 4.78 is 0. The highest BCUT2D eigenvalue weighted by atomic mass is 15.0. The van der Waals surface area contributed by atoms with Crippen LogP contribution in [0, 0.1) is 5.53 Å². The lowest BCUT2D eigenvalue weighted by Crippen LogP contribution is -1.80. The van der Waals surface area contributed by atoms with Crippen LogP contribution in [0.1, 0.15) is 25.7 Å². The van der Waals surface area contributed by atoms with Gasteiger partial charge in [0.15, 0.2) is 0 Å². The van der Waals surface area contributed by atoms with E-state index in [0.717, 1.165) is 18.5 Å². The molecule has 10 heavy (non-hydrogen) atoms. The number of hydrogen-bond acceptors (Lipinski definition) is 2. The molecule has 0 aliphatic heterocycles. The summed E-state index contributed by atoms with van der Waals surface area (Å²) in [6.07, 6.45) is 10.6. The molecule has 0 bridgehead atoms. The van der Waals surface area contributed by atoms with Crippen LogP contribution in [0.4, 0.5) is 0 Å². The Labute approximate surface area is 61.1 Å². The molecule has 0 saturated carbocycles. The molecular formula is C8H12N2. The SMILES string of the molecule is N=N/C1=C/CCC/C=C\C1. The van der Waals surface area contributed by atoms with Crippen molar-refractivity contribution < 1.29 is 0 Å². The average Bonchev–Trinajstić information content (AvgIpc) is 1.87. The standard InChI is InChI=1S/C8H12N2/c9-10-8-6-4-2-1-3-5-7-8/h2,4,7,9H,1,3,5-6H2/b4-2-,8-7+,10-9?. The van der Waals surface area contributed by atoms with Gasteiger partial charge < -0.3 is 0 Å². The first-order valence-electron chi connectivity index (χ1n) is 3.65. The summed E-state index contributed by atoms with van der Waals surface area (Å²) in [6.45, 7) is 0. The summed E-state index contributed by atoms with van der Waals surface area (Å²) in [5.74, 6) is 0. The first kappa shape index (κ1) is 7.19. The number of hydrogen-bond donors (Lipinski definition) is 1. The molecule has 0 aromatic carbocycles. The van der Waals surface area contributed by atoms with Gasteiger partial charge in [0, 0.05) is 6.42 Å². The molecule has 1 aliphatic carbocycles. The lowest BCUT2D eigenvalue weighted by atomic mass is 10.1. The fourth-order valence-corrected chi connectivity index (χ4v) is 1.00. The number of nitrogens with one attached hydrogen (secondary N) is 1. The average molecular weight is 136 g/mol. The van der Waals surface area contributed by atoms with Crippen LogP contribution in [0.3, 0.4) is 0 Å². The number of nitrogens with zero attached hydrogens (tertiary/aromatic N) is 1. The molecule has 0 fully saturated rings. The van der Waals surface area contributed by atoms with Crippen molar-refractivity contribution in [3.8, 4) is 0 Å². The van der Waals surface area contributed by atoms with E-state index in [-0.39, 0.29) is 0 Å². The van der Waals surface area contributed by atoms with Gasteiger partial charge in [-0.25, -0.2) is 5.53 Å². The van der Waals surface area contributed by atoms with Crippen molar-refractivity contribution in [2.24, 2.45) is 5.11 Å². The molecular weight excluding hydrogens is 124 g/mol. The molecule has 1 N–H and O–H groups in total. The predicted molar refractivity (Wildman–Crippen MR) is 40.8 cm³/mol. The zero-order valence-electron chi connectivity index (χ0n) is 6.01. The van der Waals surface area contributed by atoms with Gasteiger partial charge in [-0.3, -0.25) is 0 Å². The van der Waals surface area contributed by atoms with Crippen LogP contribution < -0.4 is 0 Å². The largest absolute Gasteiger partial charge is 0.205 e. The molecule has 1 aliphatic rings. The molecule has 2 heteroatoms. The zero-order valence-corrected chi connectivity index (χ0v) is 6.01. The van der Waals surface area contributed by atoms with Crippen molar-refractivity contribution in [2.45, 2.75) is 25.7 Å².